The number of hydrazone groups is 1. The van der Waals surface area contributed by atoms with Crippen molar-refractivity contribution >= 4 is 29.8 Å². The molecule has 14 nitrogen and oxygen atoms in total. The molecule has 3 rings (SSSR count). The minimum absolute atomic E-state index is 0.0253. The van der Waals surface area contributed by atoms with Gasteiger partial charge in [0.05, 0.1) is 11.1 Å². The number of phenols is 1. The Morgan fingerprint density at radius 2 is 1.79 bits per heavy atom. The van der Waals surface area contributed by atoms with E-state index in [0.717, 1.165) is 24.5 Å². The number of aliphatic hydroxyl groups excluding tert-OH is 3. The number of hydrogen-bond donors (Lipinski definition) is 6. The average Bonchev–Trinajstić information content (AvgIpc) is 2.96. The number of carbonyl (C=O) groups is 3. The van der Waals surface area contributed by atoms with Gasteiger partial charge in [0.25, 0.3) is 5.91 Å². The number of amidine groups is 1. The number of carbonyl (C=O) groups excluding carboxylic acids is 2. The quantitative estimate of drug-likeness (QED) is 0.0917. The van der Waals surface area contributed by atoms with Gasteiger partial charge in [0, 0.05) is 32.4 Å². The molecule has 1 heterocycles. The van der Waals surface area contributed by atoms with Crippen molar-refractivity contribution in [3.05, 3.63) is 53.1 Å². The largest absolute Gasteiger partial charge is 0.507 e. The number of phenolic OH excluding ortho intramolecular Hbond substituents is 1. The number of aliphatic hydroxyl groups is 3. The fourth-order valence-electron chi connectivity index (χ4n) is 4.45. The molecule has 2 amide bonds. The summed E-state index contributed by atoms with van der Waals surface area (Å²) in [6.07, 6.45) is -7.72. The molecule has 14 heteroatoms. The smallest absolute Gasteiger partial charge is 0.335 e. The second-order valence-electron chi connectivity index (χ2n) is 9.83. The van der Waals surface area contributed by atoms with Gasteiger partial charge >= 0.3 is 5.97 Å². The zero-order chi connectivity index (χ0) is 31.1. The predicted octanol–water partition coefficient (Wildman–Crippen LogP) is 0.388. The summed E-state index contributed by atoms with van der Waals surface area (Å²) in [5.41, 5.74) is 3.60. The number of nitrogens with one attached hydrogen (secondary N) is 1. The number of anilines is 1. The van der Waals surface area contributed by atoms with Crippen molar-refractivity contribution in [1.29, 1.82) is 0 Å². The molecule has 2 aromatic rings. The van der Waals surface area contributed by atoms with E-state index >= 15 is 0 Å². The van der Waals surface area contributed by atoms with Gasteiger partial charge in [-0.3, -0.25) is 9.59 Å². The molecule has 0 bridgehead atoms. The Morgan fingerprint density at radius 1 is 1.10 bits per heavy atom. The number of unbranched alkanes of at least 4 members (excludes halogenated alkanes) is 1. The van der Waals surface area contributed by atoms with Crippen LogP contribution in [0.4, 0.5) is 5.69 Å². The van der Waals surface area contributed by atoms with Gasteiger partial charge < -0.3 is 44.8 Å². The van der Waals surface area contributed by atoms with E-state index in [4.69, 9.17) is 9.47 Å². The third kappa shape index (κ3) is 6.97. The highest BCUT2D eigenvalue weighted by Crippen LogP contribution is 2.34. The molecule has 2 aromatic carbocycles. The highest BCUT2D eigenvalue weighted by molar-refractivity contribution is 6.13. The number of carboxylic acids is 1. The monoisotopic (exact) mass is 588 g/mol. The summed E-state index contributed by atoms with van der Waals surface area (Å²) in [6, 6.07) is 9.56. The predicted molar refractivity (Wildman–Crippen MR) is 150 cm³/mol. The number of para-hydroxylation sites is 1. The summed E-state index contributed by atoms with van der Waals surface area (Å²) in [5, 5.41) is 55.4. The van der Waals surface area contributed by atoms with Crippen LogP contribution in [-0.2, 0) is 14.3 Å². The van der Waals surface area contributed by atoms with Crippen molar-refractivity contribution < 1.29 is 49.4 Å². The lowest BCUT2D eigenvalue weighted by atomic mass is 9.99. The summed E-state index contributed by atoms with van der Waals surface area (Å²) in [6.45, 7) is 4.22. The molecule has 0 spiro atoms. The van der Waals surface area contributed by atoms with Crippen molar-refractivity contribution in [2.45, 2.75) is 57.4 Å². The SMILES string of the molecule is CCCCN(C)C(=O)c1cc(/C(=N/NC=O)N(C)c2ccccc2C)c(OC2OC(C(=O)O)C(O)C(O)C2O)cc1O. The summed E-state index contributed by atoms with van der Waals surface area (Å²) in [4.78, 5) is 39.2. The summed E-state index contributed by atoms with van der Waals surface area (Å²) in [7, 11) is 3.21. The van der Waals surface area contributed by atoms with Gasteiger partial charge in [0.1, 0.15) is 29.8 Å². The van der Waals surface area contributed by atoms with Gasteiger partial charge in [-0.15, -0.1) is 0 Å². The molecule has 0 saturated carbocycles. The van der Waals surface area contributed by atoms with Crippen LogP contribution in [-0.4, -0.2) is 106 Å². The molecular formula is C28H36N4O10. The molecule has 228 valence electrons. The van der Waals surface area contributed by atoms with Gasteiger partial charge in [0.2, 0.25) is 12.7 Å². The third-order valence-electron chi connectivity index (χ3n) is 6.84. The Labute approximate surface area is 242 Å². The molecule has 5 atom stereocenters. The van der Waals surface area contributed by atoms with E-state index in [1.165, 1.54) is 11.0 Å². The minimum Gasteiger partial charge on any atom is -0.507 e. The number of aromatic hydroxyl groups is 1. The van der Waals surface area contributed by atoms with Crippen LogP contribution in [0.25, 0.3) is 0 Å². The normalized spacial score (nSPS) is 22.3. The second-order valence-corrected chi connectivity index (χ2v) is 9.83. The summed E-state index contributed by atoms with van der Waals surface area (Å²) in [5.74, 6) is -2.86. The molecule has 6 N–H and O–H groups in total. The molecule has 0 radical (unpaired) electrons. The number of aryl methyl sites for hydroxylation is 1. The van der Waals surface area contributed by atoms with E-state index in [9.17, 15) is 39.9 Å². The van der Waals surface area contributed by atoms with Gasteiger partial charge in [-0.25, -0.2) is 10.2 Å². The zero-order valence-corrected chi connectivity index (χ0v) is 23.7. The molecular weight excluding hydrogens is 552 g/mol. The maximum absolute atomic E-state index is 13.3. The molecule has 1 saturated heterocycles. The first kappa shape index (κ1) is 32.3. The van der Waals surface area contributed by atoms with E-state index in [1.807, 2.05) is 26.0 Å². The van der Waals surface area contributed by atoms with E-state index < -0.39 is 48.3 Å². The summed E-state index contributed by atoms with van der Waals surface area (Å²) >= 11 is 0. The number of amides is 2. The molecule has 0 aromatic heterocycles. The number of aliphatic carboxylic acids is 1. The van der Waals surface area contributed by atoms with Gasteiger partial charge in [0.15, 0.2) is 11.9 Å². The fraction of sp³-hybridized carbons (Fsp3) is 0.429. The maximum atomic E-state index is 13.3. The molecule has 5 unspecified atom stereocenters. The van der Waals surface area contributed by atoms with Crippen molar-refractivity contribution in [3.8, 4) is 11.5 Å². The minimum atomic E-state index is -1.95. The third-order valence-corrected chi connectivity index (χ3v) is 6.84. The van der Waals surface area contributed by atoms with E-state index in [0.29, 0.717) is 18.6 Å². The molecule has 0 aliphatic carbocycles. The number of rotatable bonds is 11. The van der Waals surface area contributed by atoms with E-state index in [1.54, 1.807) is 31.1 Å². The lowest BCUT2D eigenvalue weighted by molar-refractivity contribution is -0.271. The first-order valence-electron chi connectivity index (χ1n) is 13.2. The van der Waals surface area contributed by atoms with Gasteiger partial charge in [-0.2, -0.15) is 5.10 Å². The molecule has 1 aliphatic heterocycles. The zero-order valence-electron chi connectivity index (χ0n) is 23.7. The van der Waals surface area contributed by atoms with Gasteiger partial charge in [-0.1, -0.05) is 31.5 Å². The fourth-order valence-corrected chi connectivity index (χ4v) is 4.45. The van der Waals surface area contributed by atoms with Crippen LogP contribution in [0.5, 0.6) is 11.5 Å². The second kappa shape index (κ2) is 14.1. The van der Waals surface area contributed by atoms with Gasteiger partial charge in [-0.05, 0) is 31.0 Å². The van der Waals surface area contributed by atoms with Crippen LogP contribution < -0.4 is 15.1 Å². The van der Waals surface area contributed by atoms with E-state index in [2.05, 4.69) is 10.5 Å². The number of hydrogen-bond acceptors (Lipinski definition) is 10. The van der Waals surface area contributed by atoms with Crippen LogP contribution in [0.1, 0.15) is 41.3 Å². The lowest BCUT2D eigenvalue weighted by Crippen LogP contribution is -2.61. The highest BCUT2D eigenvalue weighted by Gasteiger charge is 2.48. The van der Waals surface area contributed by atoms with Crippen molar-refractivity contribution in [2.24, 2.45) is 5.10 Å². The Balaban J connectivity index is 2.19. The lowest BCUT2D eigenvalue weighted by Gasteiger charge is -2.38. The molecule has 42 heavy (non-hydrogen) atoms. The Morgan fingerprint density at radius 3 is 2.40 bits per heavy atom. The van der Waals surface area contributed by atoms with Crippen LogP contribution >= 0.6 is 0 Å². The number of carboxylic acid groups (broad SMARTS) is 1. The number of benzene rings is 2. The highest BCUT2D eigenvalue weighted by atomic mass is 16.7. The Hall–Kier alpha value is -4.24. The first-order chi connectivity index (χ1) is 19.9. The Bertz CT molecular complexity index is 1320. The maximum Gasteiger partial charge on any atom is 0.335 e. The number of nitrogens with zero attached hydrogens (tertiary/aromatic N) is 3. The molecule has 1 fully saturated rings. The van der Waals surface area contributed by atoms with Crippen molar-refractivity contribution in [3.63, 3.8) is 0 Å². The summed E-state index contributed by atoms with van der Waals surface area (Å²) < 4.78 is 11.1. The van der Waals surface area contributed by atoms with Crippen molar-refractivity contribution in [2.75, 3.05) is 25.5 Å². The number of ether oxygens (including phenoxy) is 2. The van der Waals surface area contributed by atoms with Crippen LogP contribution in [0.15, 0.2) is 41.5 Å². The van der Waals surface area contributed by atoms with Crippen LogP contribution in [0.3, 0.4) is 0 Å². The van der Waals surface area contributed by atoms with Crippen LogP contribution in [0, 0.1) is 6.92 Å². The van der Waals surface area contributed by atoms with E-state index in [-0.39, 0.29) is 22.7 Å². The van der Waals surface area contributed by atoms with Crippen LogP contribution in [0.2, 0.25) is 0 Å². The molecule has 1 aliphatic rings. The Kier molecular flexibility index (Phi) is 10.8. The topological polar surface area (TPSA) is 202 Å². The standard InChI is InChI=1S/C28H36N4O10/c1-5-6-11-31(3)26(38)16-12-17(25(30-29-14-33)32(4)18-10-8-7-9-15(18)2)20(13-19(16)34)41-28-23(37)21(35)22(36)24(42-28)27(39)40/h7-10,12-14,21-24,28,34-37H,5-6,11H2,1-4H3,(H,29,33)(H,39,40)/b30-25-. The average molecular weight is 589 g/mol. The first-order valence-corrected chi connectivity index (χ1v) is 13.2. The van der Waals surface area contributed by atoms with Crippen molar-refractivity contribution in [1.82, 2.24) is 10.3 Å².